The Kier molecular flexibility index (Phi) is 6.11. The van der Waals surface area contributed by atoms with Crippen LogP contribution in [0.2, 0.25) is 10.0 Å². The monoisotopic (exact) mass is 506 g/mol. The van der Waals surface area contributed by atoms with E-state index >= 15 is 0 Å². The molecule has 0 aromatic heterocycles. The van der Waals surface area contributed by atoms with Crippen molar-refractivity contribution in [3.05, 3.63) is 68.4 Å². The molecule has 2 aromatic rings. The standard InChI is InChI=1S/C21H16Cl2F4N2O2S/c22-14-7-12(8-15(23)18(14)24)20(21(25,26)27)9-17(29-32-20)11-4-5-13-10(6-11)2-1-3-16(13)28-19(30)31/h4-8,16,28H,1-3,9H2,(H,30,31). The fourth-order valence-corrected chi connectivity index (χ4v) is 5.59. The molecule has 2 N–H and O–H groups in total. The van der Waals surface area contributed by atoms with Gasteiger partial charge in [0.2, 0.25) is 0 Å². The highest BCUT2D eigenvalue weighted by atomic mass is 35.5. The average molecular weight is 507 g/mol. The molecule has 1 aliphatic carbocycles. The lowest BCUT2D eigenvalue weighted by atomic mass is 9.84. The molecule has 4 nitrogen and oxygen atoms in total. The van der Waals surface area contributed by atoms with Crippen LogP contribution in [0.15, 0.2) is 34.7 Å². The number of nitrogens with zero attached hydrogens (tertiary/aromatic N) is 1. The summed E-state index contributed by atoms with van der Waals surface area (Å²) in [5.41, 5.74) is 2.18. The van der Waals surface area contributed by atoms with Crippen LogP contribution in [0, 0.1) is 5.82 Å². The van der Waals surface area contributed by atoms with Crippen LogP contribution in [0.25, 0.3) is 0 Å². The second-order valence-corrected chi connectivity index (χ2v) is 9.57. The molecule has 2 aromatic carbocycles. The Bertz CT molecular complexity index is 1100. The predicted octanol–water partition coefficient (Wildman–Crippen LogP) is 7.08. The number of hydrogen-bond donors (Lipinski definition) is 2. The van der Waals surface area contributed by atoms with Gasteiger partial charge in [0.15, 0.2) is 10.6 Å². The number of benzene rings is 2. The lowest BCUT2D eigenvalue weighted by Gasteiger charge is -2.30. The Morgan fingerprint density at radius 2 is 1.91 bits per heavy atom. The topological polar surface area (TPSA) is 61.7 Å². The van der Waals surface area contributed by atoms with Crippen molar-refractivity contribution in [3.8, 4) is 0 Å². The summed E-state index contributed by atoms with van der Waals surface area (Å²) in [6, 6.07) is 6.67. The van der Waals surface area contributed by atoms with Crippen molar-refractivity contribution < 1.29 is 27.5 Å². The third-order valence-electron chi connectivity index (χ3n) is 5.72. The van der Waals surface area contributed by atoms with Crippen molar-refractivity contribution in [3.63, 3.8) is 0 Å². The molecule has 2 atom stereocenters. The van der Waals surface area contributed by atoms with Gasteiger partial charge in [0.25, 0.3) is 0 Å². The smallest absolute Gasteiger partial charge is 0.409 e. The third-order valence-corrected chi connectivity index (χ3v) is 7.51. The van der Waals surface area contributed by atoms with Gasteiger partial charge in [-0.15, -0.1) is 0 Å². The molecule has 170 valence electrons. The summed E-state index contributed by atoms with van der Waals surface area (Å²) in [6.45, 7) is 0. The van der Waals surface area contributed by atoms with Gasteiger partial charge in [0.05, 0.1) is 21.8 Å². The highest BCUT2D eigenvalue weighted by molar-refractivity contribution is 7.99. The summed E-state index contributed by atoms with van der Waals surface area (Å²) in [6.07, 6.45) is -4.22. The minimum atomic E-state index is -4.71. The van der Waals surface area contributed by atoms with Gasteiger partial charge in [-0.05, 0) is 71.7 Å². The fraction of sp³-hybridized carbons (Fsp3) is 0.333. The first-order valence-corrected chi connectivity index (χ1v) is 11.1. The Labute approximate surface area is 195 Å². The Balaban J connectivity index is 1.68. The van der Waals surface area contributed by atoms with E-state index in [4.69, 9.17) is 28.3 Å². The number of rotatable bonds is 3. The largest absolute Gasteiger partial charge is 0.465 e. The van der Waals surface area contributed by atoms with Crippen molar-refractivity contribution in [2.45, 2.75) is 42.6 Å². The molecule has 11 heteroatoms. The van der Waals surface area contributed by atoms with Crippen molar-refractivity contribution in [2.75, 3.05) is 0 Å². The number of carbonyl (C=O) groups is 1. The maximum atomic E-state index is 14.3. The van der Waals surface area contributed by atoms with Crippen molar-refractivity contribution in [2.24, 2.45) is 4.40 Å². The Morgan fingerprint density at radius 3 is 2.53 bits per heavy atom. The first kappa shape index (κ1) is 23.2. The van der Waals surface area contributed by atoms with Crippen LogP contribution in [-0.2, 0) is 11.2 Å². The molecule has 1 amide bonds. The van der Waals surface area contributed by atoms with Gasteiger partial charge in [-0.3, -0.25) is 0 Å². The van der Waals surface area contributed by atoms with E-state index in [1.54, 1.807) is 18.2 Å². The Morgan fingerprint density at radius 1 is 1.22 bits per heavy atom. The number of nitrogens with one attached hydrogen (secondary N) is 1. The number of fused-ring (bicyclic) bond motifs is 1. The van der Waals surface area contributed by atoms with E-state index in [9.17, 15) is 22.4 Å². The van der Waals surface area contributed by atoms with Gasteiger partial charge in [0, 0.05) is 6.42 Å². The minimum Gasteiger partial charge on any atom is -0.465 e. The second-order valence-electron chi connectivity index (χ2n) is 7.69. The highest BCUT2D eigenvalue weighted by Crippen LogP contribution is 2.57. The van der Waals surface area contributed by atoms with Crippen molar-refractivity contribution in [1.82, 2.24) is 5.32 Å². The summed E-state index contributed by atoms with van der Waals surface area (Å²) in [5.74, 6) is -0.974. The zero-order valence-corrected chi connectivity index (χ0v) is 18.6. The molecule has 4 rings (SSSR count). The van der Waals surface area contributed by atoms with Crippen LogP contribution >= 0.6 is 35.1 Å². The van der Waals surface area contributed by atoms with Crippen molar-refractivity contribution >= 4 is 47.0 Å². The van der Waals surface area contributed by atoms with E-state index in [2.05, 4.69) is 9.71 Å². The quantitative estimate of drug-likeness (QED) is 0.265. The number of aryl methyl sites for hydroxylation is 1. The van der Waals surface area contributed by atoms with Gasteiger partial charge in [-0.25, -0.2) is 13.6 Å². The molecule has 2 unspecified atom stereocenters. The molecular weight excluding hydrogens is 491 g/mol. The molecule has 0 spiro atoms. The van der Waals surface area contributed by atoms with E-state index in [0.29, 0.717) is 30.4 Å². The lowest BCUT2D eigenvalue weighted by Crippen LogP contribution is -2.38. The first-order chi connectivity index (χ1) is 15.0. The van der Waals surface area contributed by atoms with E-state index in [-0.39, 0.29) is 17.3 Å². The van der Waals surface area contributed by atoms with Crippen LogP contribution in [0.1, 0.15) is 47.6 Å². The number of halogens is 6. The van der Waals surface area contributed by atoms with Crippen LogP contribution in [0.4, 0.5) is 22.4 Å². The molecule has 2 aliphatic rings. The van der Waals surface area contributed by atoms with Gasteiger partial charge < -0.3 is 10.4 Å². The molecule has 32 heavy (non-hydrogen) atoms. The maximum absolute atomic E-state index is 14.3. The first-order valence-electron chi connectivity index (χ1n) is 9.61. The lowest BCUT2D eigenvalue weighted by molar-refractivity contribution is -0.159. The molecule has 1 aliphatic heterocycles. The minimum absolute atomic E-state index is 0.236. The SMILES string of the molecule is O=C(O)NC1CCCc2cc(C3=NSC(c4cc(Cl)c(F)c(Cl)c4)(C(F)(F)F)C3)ccc21. The molecule has 0 radical (unpaired) electrons. The van der Waals surface area contributed by atoms with Crippen LogP contribution < -0.4 is 5.32 Å². The number of carboxylic acid groups (broad SMARTS) is 1. The summed E-state index contributed by atoms with van der Waals surface area (Å²) in [4.78, 5) is 11.0. The van der Waals surface area contributed by atoms with Gasteiger partial charge in [-0.2, -0.15) is 13.2 Å². The third kappa shape index (κ3) is 4.06. The van der Waals surface area contributed by atoms with Crippen LogP contribution in [-0.4, -0.2) is 23.1 Å². The molecular formula is C21H16Cl2F4N2O2S. The average Bonchev–Trinajstić information content (AvgIpc) is 3.18. The van der Waals surface area contributed by atoms with E-state index in [1.165, 1.54) is 0 Å². The van der Waals surface area contributed by atoms with Crippen LogP contribution in [0.5, 0.6) is 0 Å². The number of alkyl halides is 3. The zero-order valence-electron chi connectivity index (χ0n) is 16.3. The summed E-state index contributed by atoms with van der Waals surface area (Å²) >= 11 is 11.9. The molecule has 0 saturated carbocycles. The van der Waals surface area contributed by atoms with E-state index in [1.807, 2.05) is 0 Å². The maximum Gasteiger partial charge on any atom is 0.409 e. The summed E-state index contributed by atoms with van der Waals surface area (Å²) < 4.78 is 58.3. The Hall–Kier alpha value is -1.97. The van der Waals surface area contributed by atoms with Gasteiger partial charge in [-0.1, -0.05) is 35.3 Å². The van der Waals surface area contributed by atoms with Crippen LogP contribution in [0.3, 0.4) is 0 Å². The van der Waals surface area contributed by atoms with Gasteiger partial charge >= 0.3 is 12.3 Å². The number of hydrogen-bond acceptors (Lipinski definition) is 3. The van der Waals surface area contributed by atoms with E-state index < -0.39 is 39.3 Å². The number of amides is 1. The summed E-state index contributed by atoms with van der Waals surface area (Å²) in [7, 11) is 0. The second kappa shape index (κ2) is 8.43. The molecule has 0 fully saturated rings. The normalized spacial score (nSPS) is 22.9. The highest BCUT2D eigenvalue weighted by Gasteiger charge is 2.60. The zero-order chi connectivity index (χ0) is 23.3. The van der Waals surface area contributed by atoms with Gasteiger partial charge in [0.1, 0.15) is 0 Å². The predicted molar refractivity (Wildman–Crippen MR) is 116 cm³/mol. The molecule has 1 heterocycles. The van der Waals surface area contributed by atoms with Crippen molar-refractivity contribution in [1.29, 1.82) is 0 Å². The van der Waals surface area contributed by atoms with E-state index in [0.717, 1.165) is 29.7 Å². The molecule has 0 bridgehead atoms. The fourth-order valence-electron chi connectivity index (χ4n) is 4.14. The molecule has 0 saturated heterocycles. The summed E-state index contributed by atoms with van der Waals surface area (Å²) in [5, 5.41) is 10.5.